The topological polar surface area (TPSA) is 3.24 Å². The molecule has 1 atom stereocenters. The fourth-order valence-electron chi connectivity index (χ4n) is 2.57. The number of anilines is 1. The number of likely N-dealkylation sites (N-methyl/N-ethyl adjacent to an activating group) is 1. The second-order valence-corrected chi connectivity index (χ2v) is 4.24. The minimum Gasteiger partial charge on any atom is -0.426 e. The van der Waals surface area contributed by atoms with Crippen molar-refractivity contribution < 1.29 is 21.7 Å². The first-order chi connectivity index (χ1) is 6.77. The van der Waals surface area contributed by atoms with E-state index in [9.17, 15) is 0 Å². The maximum absolute atomic E-state index is 2.33. The Hall–Kier alpha value is -0.0757. The summed E-state index contributed by atoms with van der Waals surface area (Å²) in [6.45, 7) is 2.16. The summed E-state index contributed by atoms with van der Waals surface area (Å²) in [7, 11) is 2.17. The average Bonchev–Trinajstić information content (AvgIpc) is 2.72. The largest absolute Gasteiger partial charge is 0.426 e. The third-order valence-electron chi connectivity index (χ3n) is 3.33. The first-order valence-electron chi connectivity index (χ1n) is 5.15. The smallest absolute Gasteiger partial charge is 0.0270 e. The Morgan fingerprint density at radius 1 is 1.29 bits per heavy atom. The Kier molecular flexibility index (Phi) is 6.17. The van der Waals surface area contributed by atoms with E-state index in [4.69, 9.17) is 0 Å². The molecule has 0 bridgehead atoms. The molecule has 1 unspecified atom stereocenters. The number of hydrogen-bond acceptors (Lipinski definition) is 1. The second kappa shape index (κ2) is 6.20. The van der Waals surface area contributed by atoms with Crippen molar-refractivity contribution in [3.8, 4) is 0 Å². The molecule has 2 aliphatic rings. The summed E-state index contributed by atoms with van der Waals surface area (Å²) >= 11 is 0. The summed E-state index contributed by atoms with van der Waals surface area (Å²) < 4.78 is 0. The van der Waals surface area contributed by atoms with Crippen molar-refractivity contribution >= 4 is 30.5 Å². The van der Waals surface area contributed by atoms with E-state index in [0.717, 1.165) is 0 Å². The van der Waals surface area contributed by atoms with Crippen LogP contribution in [0.25, 0.3) is 0 Å². The minimum atomic E-state index is 0. The zero-order valence-corrected chi connectivity index (χ0v) is 13.1. The van der Waals surface area contributed by atoms with Crippen LogP contribution in [0.3, 0.4) is 0 Å². The Labute approximate surface area is 130 Å². The molecule has 0 fully saturated rings. The number of allylic oxidation sites excluding steroid dienone is 2. The molecule has 0 radical (unpaired) electrons. The first kappa shape index (κ1) is 16.9. The molecule has 92 valence electrons. The number of nitrogens with zero attached hydrogens (tertiary/aromatic N) is 1. The van der Waals surface area contributed by atoms with Crippen LogP contribution in [-0.4, -0.2) is 7.05 Å². The summed E-state index contributed by atoms with van der Waals surface area (Å²) in [4.78, 5) is 2.33. The van der Waals surface area contributed by atoms with E-state index in [1.165, 1.54) is 28.9 Å². The molecule has 1 aromatic rings. The molecule has 1 aliphatic heterocycles. The molecule has 1 heterocycles. The van der Waals surface area contributed by atoms with E-state index in [1.807, 2.05) is 0 Å². The van der Waals surface area contributed by atoms with E-state index in [-0.39, 0.29) is 46.5 Å². The van der Waals surface area contributed by atoms with Gasteiger partial charge in [0.1, 0.15) is 0 Å². The van der Waals surface area contributed by atoms with Gasteiger partial charge in [-0.2, -0.15) is 0 Å². The monoisotopic (exact) mass is 304 g/mol. The van der Waals surface area contributed by atoms with Crippen molar-refractivity contribution in [2.75, 3.05) is 11.9 Å². The molecule has 0 amide bonds. The van der Waals surface area contributed by atoms with E-state index < -0.39 is 0 Å². The van der Waals surface area contributed by atoms with Crippen molar-refractivity contribution in [3.63, 3.8) is 0 Å². The number of fused-ring (bicyclic) bond motifs is 3. The van der Waals surface area contributed by atoms with Crippen LogP contribution in [0.15, 0.2) is 30.0 Å². The molecule has 0 saturated carbocycles. The van der Waals surface area contributed by atoms with Crippen molar-refractivity contribution in [1.29, 1.82) is 0 Å². The Morgan fingerprint density at radius 2 is 2.00 bits per heavy atom. The van der Waals surface area contributed by atoms with E-state index in [2.05, 4.69) is 49.6 Å². The van der Waals surface area contributed by atoms with Gasteiger partial charge in [-0.15, -0.1) is 36.9 Å². The second-order valence-electron chi connectivity index (χ2n) is 4.24. The molecule has 0 aromatic heterocycles. The van der Waals surface area contributed by atoms with Gasteiger partial charge in [0.25, 0.3) is 0 Å². The standard InChI is InChI=1S/C13H14N.2ClH.Ti/c1-9-6-7-11-10-4-3-5-12(10)14(2)13(11)8-9;;;/h3,5-8,10H,4H2,1-2H3;2*1H;/q-1;;;. The minimum absolute atomic E-state index is 0. The molecule has 0 N–H and O–H groups in total. The molecular weight excluding hydrogens is 289 g/mol. The van der Waals surface area contributed by atoms with Gasteiger partial charge in [-0.3, -0.25) is 0 Å². The van der Waals surface area contributed by atoms with Gasteiger partial charge in [0, 0.05) is 27.4 Å². The quantitative estimate of drug-likeness (QED) is 0.520. The Balaban J connectivity index is 0.000000853. The first-order valence-corrected chi connectivity index (χ1v) is 5.15. The summed E-state index contributed by atoms with van der Waals surface area (Å²) in [5.74, 6) is 0.635. The molecule has 0 saturated heterocycles. The van der Waals surface area contributed by atoms with Gasteiger partial charge < -0.3 is 4.90 Å². The van der Waals surface area contributed by atoms with Crippen molar-refractivity contribution in [1.82, 2.24) is 0 Å². The van der Waals surface area contributed by atoms with Crippen LogP contribution >= 0.6 is 24.8 Å². The normalized spacial score (nSPS) is 18.8. The van der Waals surface area contributed by atoms with Crippen LogP contribution < -0.4 is 4.90 Å². The molecule has 0 spiro atoms. The van der Waals surface area contributed by atoms with Crippen molar-refractivity contribution in [3.05, 3.63) is 47.5 Å². The Bertz CT molecular complexity index is 431. The summed E-state index contributed by atoms with van der Waals surface area (Å²) in [5.41, 5.74) is 5.71. The van der Waals surface area contributed by atoms with Gasteiger partial charge >= 0.3 is 0 Å². The maximum atomic E-state index is 2.33. The third kappa shape index (κ3) is 2.53. The van der Waals surface area contributed by atoms with Crippen molar-refractivity contribution in [2.24, 2.45) is 0 Å². The van der Waals surface area contributed by atoms with Gasteiger partial charge in [-0.05, 0) is 31.2 Å². The van der Waals surface area contributed by atoms with Gasteiger partial charge in [-0.25, -0.2) is 12.5 Å². The molecule has 17 heavy (non-hydrogen) atoms. The van der Waals surface area contributed by atoms with Crippen LogP contribution in [-0.2, 0) is 21.7 Å². The summed E-state index contributed by atoms with van der Waals surface area (Å²) in [5, 5.41) is 0. The molecule has 1 aromatic carbocycles. The average molecular weight is 305 g/mol. The molecule has 1 aliphatic carbocycles. The van der Waals surface area contributed by atoms with Crippen molar-refractivity contribution in [2.45, 2.75) is 19.3 Å². The van der Waals surface area contributed by atoms with E-state index in [1.54, 1.807) is 0 Å². The summed E-state index contributed by atoms with van der Waals surface area (Å²) in [6, 6.07) is 6.79. The number of benzene rings is 1. The molecule has 3 rings (SSSR count). The predicted octanol–water partition coefficient (Wildman–Crippen LogP) is 3.86. The SMILES string of the molecule is Cc1ccc2c(c1)N(C)C1=C[CH-]CC12.Cl.Cl.[Ti]. The van der Waals surface area contributed by atoms with E-state index >= 15 is 0 Å². The zero-order chi connectivity index (χ0) is 9.71. The molecule has 4 heteroatoms. The number of hydrogen-bond donors (Lipinski definition) is 0. The van der Waals surface area contributed by atoms with Crippen LogP contribution in [0.2, 0.25) is 0 Å². The van der Waals surface area contributed by atoms with Crippen LogP contribution in [0, 0.1) is 13.3 Å². The fourth-order valence-corrected chi connectivity index (χ4v) is 2.57. The van der Waals surface area contributed by atoms with Gasteiger partial charge in [0.2, 0.25) is 0 Å². The number of rotatable bonds is 0. The number of aryl methyl sites for hydroxylation is 1. The van der Waals surface area contributed by atoms with Crippen LogP contribution in [0.4, 0.5) is 5.69 Å². The Morgan fingerprint density at radius 3 is 2.71 bits per heavy atom. The fraction of sp³-hybridized carbons (Fsp3) is 0.308. The van der Waals surface area contributed by atoms with Gasteiger partial charge in [-0.1, -0.05) is 18.1 Å². The predicted molar refractivity (Wildman–Crippen MR) is 73.8 cm³/mol. The number of halogens is 2. The van der Waals surface area contributed by atoms with Crippen LogP contribution in [0.1, 0.15) is 23.5 Å². The van der Waals surface area contributed by atoms with Gasteiger partial charge in [0.15, 0.2) is 0 Å². The zero-order valence-electron chi connectivity index (χ0n) is 9.93. The van der Waals surface area contributed by atoms with E-state index in [0.29, 0.717) is 5.92 Å². The van der Waals surface area contributed by atoms with Gasteiger partial charge in [0.05, 0.1) is 0 Å². The maximum Gasteiger partial charge on any atom is 0.0270 e. The van der Waals surface area contributed by atoms with Crippen LogP contribution in [0.5, 0.6) is 0 Å². The third-order valence-corrected chi connectivity index (χ3v) is 3.33. The summed E-state index contributed by atoms with van der Waals surface area (Å²) in [6.07, 6.45) is 5.72. The molecule has 1 nitrogen and oxygen atoms in total. The molecular formula is C13H16Cl2NTi-.